The largest absolute Gasteiger partial charge is 0.463 e. The Morgan fingerprint density at radius 2 is 0.623 bits per heavy atom. The zero-order chi connectivity index (χ0) is 45.2. The monoisotopic (exact) mass is 876 g/mol. The quantitative estimate of drug-likeness (QED) is 0.0421. The maximum absolute atomic E-state index is 13.4. The predicted octanol–water partition coefficient (Wildman–Crippen LogP) is 6.03. The molecule has 0 aromatic carbocycles. The Bertz CT molecular complexity index is 1090. The van der Waals surface area contributed by atoms with Gasteiger partial charge in [0.1, 0.15) is 45.2 Å². The molecule has 0 aromatic rings. The van der Waals surface area contributed by atoms with Crippen LogP contribution in [0, 0.1) is 0 Å². The minimum absolute atomic E-state index is 0.0167. The summed E-state index contributed by atoms with van der Waals surface area (Å²) in [4.78, 5) is 88.4. The van der Waals surface area contributed by atoms with Gasteiger partial charge in [0.05, 0.1) is 58.3 Å². The normalized spacial score (nSPS) is 11.1. The van der Waals surface area contributed by atoms with E-state index in [0.29, 0.717) is 26.2 Å². The first-order valence-corrected chi connectivity index (χ1v) is 22.5. The highest BCUT2D eigenvalue weighted by Gasteiger charge is 2.38. The smallest absolute Gasteiger partial charge is 0.306 e. The molecule has 0 saturated heterocycles. The topological polar surface area (TPSA) is 215 Å². The summed E-state index contributed by atoms with van der Waals surface area (Å²) in [6, 6.07) is 0. The Kier molecular flexibility index (Phi) is 37.7. The summed E-state index contributed by atoms with van der Waals surface area (Å²) in [5, 5.41) is 2.77. The molecule has 0 saturated carbocycles. The molecule has 0 aliphatic heterocycles. The maximum Gasteiger partial charge on any atom is 0.306 e. The van der Waals surface area contributed by atoms with E-state index in [9.17, 15) is 33.6 Å². The van der Waals surface area contributed by atoms with Crippen LogP contribution in [-0.2, 0) is 76.2 Å². The van der Waals surface area contributed by atoms with Crippen LogP contribution in [0.2, 0.25) is 0 Å². The van der Waals surface area contributed by atoms with Crippen molar-refractivity contribution >= 4 is 41.7 Å². The van der Waals surface area contributed by atoms with Gasteiger partial charge in [0, 0.05) is 26.2 Å². The van der Waals surface area contributed by atoms with Crippen molar-refractivity contribution in [2.24, 2.45) is 0 Å². The van der Waals surface area contributed by atoms with Gasteiger partial charge in [-0.05, 0) is 27.2 Å². The van der Waals surface area contributed by atoms with Crippen molar-refractivity contribution in [1.29, 1.82) is 0 Å². The Hall–Kier alpha value is -3.83. The van der Waals surface area contributed by atoms with Crippen LogP contribution >= 0.6 is 0 Å². The van der Waals surface area contributed by atoms with Crippen molar-refractivity contribution in [1.82, 2.24) is 5.32 Å². The lowest BCUT2D eigenvalue weighted by Crippen LogP contribution is -2.59. The molecule has 0 aliphatic rings. The molecule has 0 heterocycles. The molecule has 0 aromatic heterocycles. The molecule has 0 atom stereocenters. The number of hydrogen-bond donors (Lipinski definition) is 1. The highest BCUT2D eigenvalue weighted by Crippen LogP contribution is 2.16. The first-order chi connectivity index (χ1) is 29.5. The Morgan fingerprint density at radius 3 is 0.918 bits per heavy atom. The van der Waals surface area contributed by atoms with Crippen LogP contribution in [0.1, 0.15) is 156 Å². The van der Waals surface area contributed by atoms with Crippen LogP contribution in [0.15, 0.2) is 0 Å². The second kappa shape index (κ2) is 40.3. The number of rotatable bonds is 42. The fourth-order valence-corrected chi connectivity index (χ4v) is 5.67. The summed E-state index contributed by atoms with van der Waals surface area (Å²) >= 11 is 0. The fraction of sp³-hybridized carbons (Fsp3) is 0.841. The van der Waals surface area contributed by atoms with Crippen LogP contribution in [-0.4, -0.2) is 127 Å². The number of nitrogens with one attached hydrogen (secondary N) is 1. The van der Waals surface area contributed by atoms with Gasteiger partial charge in [-0.2, -0.15) is 0 Å². The molecule has 0 unspecified atom stereocenters. The molecule has 0 bridgehead atoms. The zero-order valence-corrected chi connectivity index (χ0v) is 37.7. The van der Waals surface area contributed by atoms with Gasteiger partial charge in [-0.15, -0.1) is 0 Å². The van der Waals surface area contributed by atoms with Crippen LogP contribution in [0.5, 0.6) is 0 Å². The van der Waals surface area contributed by atoms with Gasteiger partial charge in [-0.25, -0.2) is 0 Å². The second-order valence-corrected chi connectivity index (χ2v) is 14.6. The summed E-state index contributed by atoms with van der Waals surface area (Å²) < 4.78 is 47.0. The van der Waals surface area contributed by atoms with Gasteiger partial charge in [-0.1, -0.05) is 84.0 Å². The van der Waals surface area contributed by atoms with Gasteiger partial charge in [0.15, 0.2) is 0 Å². The molecule has 0 fully saturated rings. The lowest BCUT2D eigenvalue weighted by molar-refractivity contribution is -0.162. The minimum Gasteiger partial charge on any atom is -0.463 e. The van der Waals surface area contributed by atoms with Crippen LogP contribution in [0.4, 0.5) is 0 Å². The molecule has 17 nitrogen and oxygen atoms in total. The van der Waals surface area contributed by atoms with Crippen molar-refractivity contribution < 1.29 is 76.2 Å². The number of ether oxygens (including phenoxy) is 9. The maximum atomic E-state index is 13.4. The van der Waals surface area contributed by atoms with Crippen molar-refractivity contribution in [3.63, 3.8) is 0 Å². The van der Waals surface area contributed by atoms with E-state index in [-0.39, 0.29) is 84.6 Å². The van der Waals surface area contributed by atoms with E-state index in [0.717, 1.165) is 25.7 Å². The second-order valence-electron chi connectivity index (χ2n) is 14.6. The number of amides is 1. The van der Waals surface area contributed by atoms with Gasteiger partial charge in [0.25, 0.3) is 0 Å². The predicted molar refractivity (Wildman–Crippen MR) is 224 cm³/mol. The molecule has 0 radical (unpaired) electrons. The minimum atomic E-state index is -1.78. The van der Waals surface area contributed by atoms with Crippen molar-refractivity contribution in [3.05, 3.63) is 0 Å². The molecule has 0 aliphatic carbocycles. The number of unbranched alkanes of at least 4 members (excludes halogenated alkanes) is 12. The first kappa shape index (κ1) is 57.2. The molecular formula is C44H77NO16. The Labute approximate surface area is 363 Å². The molecule has 17 heteroatoms. The summed E-state index contributed by atoms with van der Waals surface area (Å²) in [7, 11) is 0. The van der Waals surface area contributed by atoms with E-state index in [1.54, 1.807) is 20.8 Å². The third-order valence-electron chi connectivity index (χ3n) is 9.12. The summed E-state index contributed by atoms with van der Waals surface area (Å²) in [5.74, 6) is -4.92. The average molecular weight is 876 g/mol. The van der Waals surface area contributed by atoms with E-state index in [4.69, 9.17) is 42.6 Å². The highest BCUT2D eigenvalue weighted by molar-refractivity contribution is 5.80. The molecule has 354 valence electrons. The summed E-state index contributed by atoms with van der Waals surface area (Å²) in [6.07, 6.45) is 12.7. The van der Waals surface area contributed by atoms with Gasteiger partial charge in [0.2, 0.25) is 5.91 Å². The van der Waals surface area contributed by atoms with E-state index in [2.05, 4.69) is 12.2 Å². The number of esters is 6. The zero-order valence-electron chi connectivity index (χ0n) is 37.7. The molecule has 0 spiro atoms. The lowest BCUT2D eigenvalue weighted by Gasteiger charge is -2.33. The Morgan fingerprint density at radius 1 is 0.344 bits per heavy atom. The van der Waals surface area contributed by atoms with Crippen LogP contribution in [0.3, 0.4) is 0 Å². The number of carbonyl (C=O) groups excluding carboxylic acids is 7. The fourth-order valence-electron chi connectivity index (χ4n) is 5.67. The third-order valence-corrected chi connectivity index (χ3v) is 9.12. The lowest BCUT2D eigenvalue weighted by atomic mass is 10.0. The standard InChI is InChI=1S/C44H77NO16/c1-5-9-10-11-12-13-14-15-16-17-18-19-20-21-37(46)45-44(34-59-41(50)25-22-38(47)56-31-28-53-6-2,35-60-42(51)26-23-39(48)57-32-29-54-7-3)36-61-43(52)27-24-40(49)58-33-30-55-8-4/h5-36H2,1-4H3,(H,45,46). The van der Waals surface area contributed by atoms with Gasteiger partial charge in [-0.3, -0.25) is 33.6 Å². The molecular weight excluding hydrogens is 798 g/mol. The first-order valence-electron chi connectivity index (χ1n) is 22.5. The van der Waals surface area contributed by atoms with Crippen molar-refractivity contribution in [2.75, 3.05) is 79.3 Å². The summed E-state index contributed by atoms with van der Waals surface area (Å²) in [5.41, 5.74) is -1.78. The average Bonchev–Trinajstić information content (AvgIpc) is 3.25. The van der Waals surface area contributed by atoms with E-state index >= 15 is 0 Å². The van der Waals surface area contributed by atoms with E-state index in [1.165, 1.54) is 51.4 Å². The molecule has 1 amide bonds. The van der Waals surface area contributed by atoms with Gasteiger partial charge >= 0.3 is 35.8 Å². The third kappa shape index (κ3) is 36.5. The number of carbonyl (C=O) groups is 7. The van der Waals surface area contributed by atoms with Crippen LogP contribution in [0.25, 0.3) is 0 Å². The Balaban J connectivity index is 5.67. The SMILES string of the molecule is CCCCCCCCCCCCCCCC(=O)NC(COC(=O)CCC(=O)OCCOCC)(COC(=O)CCC(=O)OCCOCC)COC(=O)CCC(=O)OCCOCC. The summed E-state index contributed by atoms with van der Waals surface area (Å²) in [6.45, 7) is 7.79. The number of hydrogen-bond acceptors (Lipinski definition) is 16. The van der Waals surface area contributed by atoms with Gasteiger partial charge < -0.3 is 47.9 Å². The van der Waals surface area contributed by atoms with E-state index < -0.39 is 67.1 Å². The highest BCUT2D eigenvalue weighted by atomic mass is 16.6. The van der Waals surface area contributed by atoms with Crippen LogP contribution < -0.4 is 5.32 Å². The van der Waals surface area contributed by atoms with E-state index in [1.807, 2.05) is 0 Å². The molecule has 1 N–H and O–H groups in total. The van der Waals surface area contributed by atoms with Crippen molar-refractivity contribution in [2.45, 2.75) is 162 Å². The molecule has 61 heavy (non-hydrogen) atoms. The molecule has 0 rings (SSSR count). The van der Waals surface area contributed by atoms with Crippen molar-refractivity contribution in [3.8, 4) is 0 Å².